The van der Waals surface area contributed by atoms with E-state index in [-0.39, 0.29) is 24.3 Å². The standard InChI is InChI=1S/C31H30F3N5O2/c1-21-29-35-25-12-5-6-13-26(25)39(29)27(30(41)38(21)20-22-8-3-2-4-9-22)19-28(40)37-16-14-36(15-17-37)24-11-7-10-23(18-24)31(32,33)34/h2-13,18,21,27H,14-17,19-20H2,1H3/t21-,27+/m1/s1. The van der Waals surface area contributed by atoms with Gasteiger partial charge >= 0.3 is 6.18 Å². The van der Waals surface area contributed by atoms with Gasteiger partial charge in [0.2, 0.25) is 11.8 Å². The van der Waals surface area contributed by atoms with E-state index in [4.69, 9.17) is 4.98 Å². The minimum Gasteiger partial charge on any atom is -0.368 e. The van der Waals surface area contributed by atoms with Gasteiger partial charge in [0.1, 0.15) is 11.9 Å². The van der Waals surface area contributed by atoms with Crippen molar-refractivity contribution < 1.29 is 22.8 Å². The number of benzene rings is 3. The predicted molar refractivity (Wildman–Crippen MR) is 149 cm³/mol. The third kappa shape index (κ3) is 5.14. The summed E-state index contributed by atoms with van der Waals surface area (Å²) in [6.45, 7) is 3.90. The maximum atomic E-state index is 14.0. The van der Waals surface area contributed by atoms with Crippen molar-refractivity contribution in [1.82, 2.24) is 19.4 Å². The number of anilines is 1. The second kappa shape index (κ2) is 10.6. The molecule has 0 aliphatic carbocycles. The zero-order valence-corrected chi connectivity index (χ0v) is 22.6. The van der Waals surface area contributed by atoms with Crippen LogP contribution in [0.3, 0.4) is 0 Å². The summed E-state index contributed by atoms with van der Waals surface area (Å²) >= 11 is 0. The number of fused-ring (bicyclic) bond motifs is 3. The van der Waals surface area contributed by atoms with Crippen LogP contribution in [0.1, 0.15) is 42.4 Å². The van der Waals surface area contributed by atoms with Crippen LogP contribution in [0.5, 0.6) is 0 Å². The van der Waals surface area contributed by atoms with Gasteiger partial charge in [-0.1, -0.05) is 48.5 Å². The first-order valence-electron chi connectivity index (χ1n) is 13.7. The molecule has 1 fully saturated rings. The number of carbonyl (C=O) groups is 2. The van der Waals surface area contributed by atoms with Gasteiger partial charge in [-0.15, -0.1) is 0 Å². The van der Waals surface area contributed by atoms with Gasteiger partial charge in [-0.05, 0) is 42.8 Å². The summed E-state index contributed by atoms with van der Waals surface area (Å²) in [5.74, 6) is 0.451. The summed E-state index contributed by atoms with van der Waals surface area (Å²) in [6, 6.07) is 21.6. The molecule has 0 radical (unpaired) electrons. The molecule has 2 aliphatic heterocycles. The number of nitrogens with zero attached hydrogens (tertiary/aromatic N) is 5. The largest absolute Gasteiger partial charge is 0.416 e. The summed E-state index contributed by atoms with van der Waals surface area (Å²) in [5, 5.41) is 0. The van der Waals surface area contributed by atoms with E-state index < -0.39 is 17.8 Å². The molecule has 0 bridgehead atoms. The quantitative estimate of drug-likeness (QED) is 0.326. The molecule has 1 saturated heterocycles. The number of para-hydroxylation sites is 2. The summed E-state index contributed by atoms with van der Waals surface area (Å²) in [5.41, 5.74) is 2.37. The minimum absolute atomic E-state index is 0.0201. The molecule has 3 aromatic carbocycles. The van der Waals surface area contributed by atoms with Crippen molar-refractivity contribution in [3.05, 3.63) is 95.8 Å². The van der Waals surface area contributed by atoms with Gasteiger partial charge in [0.05, 0.1) is 29.1 Å². The summed E-state index contributed by atoms with van der Waals surface area (Å²) in [6.07, 6.45) is -4.43. The van der Waals surface area contributed by atoms with Crippen LogP contribution in [-0.2, 0) is 22.3 Å². The van der Waals surface area contributed by atoms with Crippen LogP contribution < -0.4 is 4.90 Å². The molecule has 0 saturated carbocycles. The number of hydrogen-bond acceptors (Lipinski definition) is 4. The lowest BCUT2D eigenvalue weighted by atomic mass is 10.0. The molecule has 0 unspecified atom stereocenters. The number of alkyl halides is 3. The lowest BCUT2D eigenvalue weighted by Gasteiger charge is -2.40. The normalized spacial score (nSPS) is 19.5. The molecule has 212 valence electrons. The van der Waals surface area contributed by atoms with E-state index in [9.17, 15) is 22.8 Å². The van der Waals surface area contributed by atoms with E-state index >= 15 is 0 Å². The van der Waals surface area contributed by atoms with Gasteiger partial charge in [-0.25, -0.2) is 4.98 Å². The molecule has 2 amide bonds. The molecule has 6 rings (SSSR count). The Kier molecular flexibility index (Phi) is 6.93. The van der Waals surface area contributed by atoms with Crippen molar-refractivity contribution in [3.8, 4) is 0 Å². The van der Waals surface area contributed by atoms with Gasteiger partial charge in [-0.3, -0.25) is 9.59 Å². The first-order chi connectivity index (χ1) is 19.7. The first-order valence-corrected chi connectivity index (χ1v) is 13.7. The zero-order chi connectivity index (χ0) is 28.7. The molecule has 1 aromatic heterocycles. The van der Waals surface area contributed by atoms with Crippen LogP contribution >= 0.6 is 0 Å². The molecule has 2 atom stereocenters. The Balaban J connectivity index is 1.22. The highest BCUT2D eigenvalue weighted by molar-refractivity contribution is 5.91. The molecule has 4 aromatic rings. The van der Waals surface area contributed by atoms with Crippen LogP contribution in [0.25, 0.3) is 11.0 Å². The number of rotatable bonds is 5. The lowest BCUT2D eigenvalue weighted by Crippen LogP contribution is -2.51. The Morgan fingerprint density at radius 1 is 0.927 bits per heavy atom. The minimum atomic E-state index is -4.41. The average molecular weight is 562 g/mol. The average Bonchev–Trinajstić information content (AvgIpc) is 3.37. The number of aromatic nitrogens is 2. The molecular formula is C31H30F3N5O2. The van der Waals surface area contributed by atoms with Crippen LogP contribution in [0.15, 0.2) is 78.9 Å². The fraction of sp³-hybridized carbons (Fsp3) is 0.323. The van der Waals surface area contributed by atoms with Gasteiger partial charge < -0.3 is 19.3 Å². The van der Waals surface area contributed by atoms with E-state index in [0.717, 1.165) is 34.6 Å². The second-order valence-corrected chi connectivity index (χ2v) is 10.6. The van der Waals surface area contributed by atoms with Crippen molar-refractivity contribution >= 4 is 28.5 Å². The molecule has 0 N–H and O–H groups in total. The maximum Gasteiger partial charge on any atom is 0.416 e. The van der Waals surface area contributed by atoms with Crippen LogP contribution in [-0.4, -0.2) is 57.3 Å². The third-order valence-corrected chi connectivity index (χ3v) is 8.08. The fourth-order valence-electron chi connectivity index (χ4n) is 5.88. The molecule has 3 heterocycles. The number of hydrogen-bond donors (Lipinski definition) is 0. The highest BCUT2D eigenvalue weighted by atomic mass is 19.4. The maximum absolute atomic E-state index is 14.0. The van der Waals surface area contributed by atoms with Crippen molar-refractivity contribution in [1.29, 1.82) is 0 Å². The molecule has 41 heavy (non-hydrogen) atoms. The number of halogens is 3. The van der Waals surface area contributed by atoms with E-state index in [2.05, 4.69) is 0 Å². The summed E-state index contributed by atoms with van der Waals surface area (Å²) < 4.78 is 41.5. The van der Waals surface area contributed by atoms with Crippen LogP contribution in [0.2, 0.25) is 0 Å². The van der Waals surface area contributed by atoms with E-state index in [0.29, 0.717) is 38.4 Å². The summed E-state index contributed by atoms with van der Waals surface area (Å²) in [4.78, 5) is 37.8. The van der Waals surface area contributed by atoms with Crippen molar-refractivity contribution in [2.24, 2.45) is 0 Å². The van der Waals surface area contributed by atoms with Crippen LogP contribution in [0.4, 0.5) is 18.9 Å². The smallest absolute Gasteiger partial charge is 0.368 e. The molecular weight excluding hydrogens is 531 g/mol. The predicted octanol–water partition coefficient (Wildman–Crippen LogP) is 5.44. The third-order valence-electron chi connectivity index (χ3n) is 8.08. The number of amides is 2. The topological polar surface area (TPSA) is 61.7 Å². The Morgan fingerprint density at radius 2 is 1.63 bits per heavy atom. The van der Waals surface area contributed by atoms with Crippen molar-refractivity contribution in [2.75, 3.05) is 31.1 Å². The van der Waals surface area contributed by atoms with Crippen LogP contribution in [0, 0.1) is 0 Å². The lowest BCUT2D eigenvalue weighted by molar-refractivity contribution is -0.144. The van der Waals surface area contributed by atoms with Gasteiger partial charge in [-0.2, -0.15) is 13.2 Å². The number of imidazole rings is 1. The van der Waals surface area contributed by atoms with Crippen molar-refractivity contribution in [3.63, 3.8) is 0 Å². The number of piperazine rings is 1. The molecule has 7 nitrogen and oxygen atoms in total. The Hall–Kier alpha value is -4.34. The molecule has 10 heteroatoms. The monoisotopic (exact) mass is 561 g/mol. The van der Waals surface area contributed by atoms with Crippen molar-refractivity contribution in [2.45, 2.75) is 38.1 Å². The number of carbonyl (C=O) groups excluding carboxylic acids is 2. The van der Waals surface area contributed by atoms with E-state index in [1.807, 2.05) is 71.0 Å². The van der Waals surface area contributed by atoms with Gasteiger partial charge in [0.25, 0.3) is 0 Å². The fourth-order valence-corrected chi connectivity index (χ4v) is 5.88. The SMILES string of the molecule is C[C@@H]1c2nc3ccccc3n2[C@@H](CC(=O)N2CCN(c3cccc(C(F)(F)F)c3)CC2)C(=O)N1Cc1ccccc1. The van der Waals surface area contributed by atoms with E-state index in [1.165, 1.54) is 6.07 Å². The Labute approximate surface area is 235 Å². The molecule has 2 aliphatic rings. The van der Waals surface area contributed by atoms with Gasteiger partial charge in [0, 0.05) is 38.4 Å². The zero-order valence-electron chi connectivity index (χ0n) is 22.6. The summed E-state index contributed by atoms with van der Waals surface area (Å²) in [7, 11) is 0. The Morgan fingerprint density at radius 3 is 2.37 bits per heavy atom. The highest BCUT2D eigenvalue weighted by Crippen LogP contribution is 2.38. The highest BCUT2D eigenvalue weighted by Gasteiger charge is 2.41. The van der Waals surface area contributed by atoms with Gasteiger partial charge in [0.15, 0.2) is 0 Å². The Bertz CT molecular complexity index is 1580. The van der Waals surface area contributed by atoms with E-state index in [1.54, 1.807) is 15.9 Å². The second-order valence-electron chi connectivity index (χ2n) is 10.6. The molecule has 0 spiro atoms. The first kappa shape index (κ1) is 26.9.